The maximum Gasteiger partial charge on any atom is 0.276 e. The van der Waals surface area contributed by atoms with Crippen LogP contribution in [-0.4, -0.2) is 19.9 Å². The third-order valence-electron chi connectivity index (χ3n) is 5.76. The first kappa shape index (κ1) is 17.7. The number of aryl methyl sites for hydroxylation is 2. The Kier molecular flexibility index (Phi) is 4.39. The number of pyridine rings is 1. The molecule has 5 rings (SSSR count). The van der Waals surface area contributed by atoms with Crippen LogP contribution in [0.3, 0.4) is 0 Å². The molecule has 146 valence electrons. The highest BCUT2D eigenvalue weighted by Crippen LogP contribution is 2.29. The van der Waals surface area contributed by atoms with Crippen molar-refractivity contribution in [3.63, 3.8) is 0 Å². The molecular formula is C23H22N4O2. The lowest BCUT2D eigenvalue weighted by Gasteiger charge is -2.26. The van der Waals surface area contributed by atoms with Gasteiger partial charge in [-0.25, -0.2) is 4.98 Å². The molecule has 1 atom stereocenters. The number of amides is 1. The molecule has 1 N–H and O–H groups in total. The molecule has 0 unspecified atom stereocenters. The lowest BCUT2D eigenvalue weighted by atomic mass is 9.88. The normalized spacial score (nSPS) is 16.1. The summed E-state index contributed by atoms with van der Waals surface area (Å²) in [4.78, 5) is 30.0. The number of hydrogen-bond acceptors (Lipinski definition) is 3. The summed E-state index contributed by atoms with van der Waals surface area (Å²) in [6.07, 6.45) is 6.85. The molecule has 6 nitrogen and oxygen atoms in total. The maximum absolute atomic E-state index is 12.9. The van der Waals surface area contributed by atoms with E-state index in [0.717, 1.165) is 24.8 Å². The molecule has 0 saturated carbocycles. The third kappa shape index (κ3) is 3.10. The van der Waals surface area contributed by atoms with Gasteiger partial charge in [0, 0.05) is 25.4 Å². The van der Waals surface area contributed by atoms with E-state index in [1.165, 1.54) is 11.1 Å². The number of rotatable bonds is 4. The van der Waals surface area contributed by atoms with Gasteiger partial charge in [-0.3, -0.25) is 14.2 Å². The fourth-order valence-electron chi connectivity index (χ4n) is 4.38. The van der Waals surface area contributed by atoms with E-state index in [9.17, 15) is 9.59 Å². The summed E-state index contributed by atoms with van der Waals surface area (Å²) in [6.45, 7) is 0.300. The Labute approximate surface area is 167 Å². The van der Waals surface area contributed by atoms with Crippen LogP contribution in [0.25, 0.3) is 16.7 Å². The lowest BCUT2D eigenvalue weighted by Crippen LogP contribution is -2.33. The highest BCUT2D eigenvalue weighted by molar-refractivity contribution is 5.78. The second-order valence-corrected chi connectivity index (χ2v) is 7.53. The van der Waals surface area contributed by atoms with Crippen LogP contribution in [-0.2, 0) is 17.8 Å². The average molecular weight is 386 g/mol. The standard InChI is InChI=1S/C23H22N4O2/c28-21(25-18-9-3-7-16-6-1-2-8-17(16)18)12-15-27-22-19(10-4-13-24-22)26-14-5-11-20(26)23(27)29/h1-2,4-6,8,10-11,13-14,18H,3,7,9,12,15H2,(H,25,28)/t18-/m1/s1. The molecule has 1 aliphatic carbocycles. The zero-order chi connectivity index (χ0) is 19.8. The minimum absolute atomic E-state index is 0.0436. The summed E-state index contributed by atoms with van der Waals surface area (Å²) in [6, 6.07) is 15.8. The van der Waals surface area contributed by atoms with Gasteiger partial charge in [0.2, 0.25) is 5.91 Å². The van der Waals surface area contributed by atoms with Crippen molar-refractivity contribution in [1.82, 2.24) is 19.3 Å². The fraction of sp³-hybridized carbons (Fsp3) is 0.261. The van der Waals surface area contributed by atoms with E-state index in [-0.39, 0.29) is 23.9 Å². The predicted molar refractivity (Wildman–Crippen MR) is 112 cm³/mol. The van der Waals surface area contributed by atoms with E-state index in [0.29, 0.717) is 17.7 Å². The number of nitrogens with zero attached hydrogens (tertiary/aromatic N) is 3. The molecule has 0 radical (unpaired) electrons. The summed E-state index contributed by atoms with van der Waals surface area (Å²) in [5, 5.41) is 3.17. The van der Waals surface area contributed by atoms with Gasteiger partial charge in [0.05, 0.1) is 11.6 Å². The number of benzene rings is 1. The van der Waals surface area contributed by atoms with E-state index < -0.39 is 0 Å². The predicted octanol–water partition coefficient (Wildman–Crippen LogP) is 3.23. The van der Waals surface area contributed by atoms with Crippen molar-refractivity contribution in [2.24, 2.45) is 0 Å². The summed E-state index contributed by atoms with van der Waals surface area (Å²) in [5.41, 5.74) is 4.44. The molecule has 6 heteroatoms. The van der Waals surface area contributed by atoms with Crippen molar-refractivity contribution in [1.29, 1.82) is 0 Å². The number of nitrogens with one attached hydrogen (secondary N) is 1. The highest BCUT2D eigenvalue weighted by Gasteiger charge is 2.21. The van der Waals surface area contributed by atoms with Crippen LogP contribution in [0.4, 0.5) is 0 Å². The van der Waals surface area contributed by atoms with Crippen LogP contribution in [0.5, 0.6) is 0 Å². The Morgan fingerprint density at radius 3 is 2.90 bits per heavy atom. The van der Waals surface area contributed by atoms with E-state index >= 15 is 0 Å². The van der Waals surface area contributed by atoms with Crippen molar-refractivity contribution in [2.45, 2.75) is 38.3 Å². The van der Waals surface area contributed by atoms with Gasteiger partial charge < -0.3 is 9.72 Å². The molecule has 0 saturated heterocycles. The van der Waals surface area contributed by atoms with Crippen molar-refractivity contribution in [3.8, 4) is 0 Å². The number of hydrogen-bond donors (Lipinski definition) is 1. The lowest BCUT2D eigenvalue weighted by molar-refractivity contribution is -0.122. The van der Waals surface area contributed by atoms with Gasteiger partial charge in [-0.15, -0.1) is 0 Å². The summed E-state index contributed by atoms with van der Waals surface area (Å²) >= 11 is 0. The number of fused-ring (bicyclic) bond motifs is 4. The minimum Gasteiger partial charge on any atom is -0.349 e. The SMILES string of the molecule is O=C(CCn1c(=O)c2cccn2c2cccnc21)N[C@@H]1CCCc2ccccc21. The second kappa shape index (κ2) is 7.20. The van der Waals surface area contributed by atoms with Crippen molar-refractivity contribution >= 4 is 22.6 Å². The van der Waals surface area contributed by atoms with E-state index in [1.807, 2.05) is 40.9 Å². The first-order valence-electron chi connectivity index (χ1n) is 10.0. The van der Waals surface area contributed by atoms with Crippen molar-refractivity contribution < 1.29 is 4.79 Å². The average Bonchev–Trinajstić information content (AvgIpc) is 3.24. The molecule has 0 spiro atoms. The molecule has 0 aliphatic heterocycles. The van der Waals surface area contributed by atoms with Crippen molar-refractivity contribution in [3.05, 3.63) is 82.4 Å². The fourth-order valence-corrected chi connectivity index (χ4v) is 4.38. The smallest absolute Gasteiger partial charge is 0.276 e. The number of carbonyl (C=O) groups excluding carboxylic acids is 1. The van der Waals surface area contributed by atoms with Crippen LogP contribution in [0.15, 0.2) is 65.7 Å². The molecule has 3 heterocycles. The van der Waals surface area contributed by atoms with Crippen LogP contribution < -0.4 is 10.9 Å². The topological polar surface area (TPSA) is 68.4 Å². The van der Waals surface area contributed by atoms with Crippen LogP contribution in [0.2, 0.25) is 0 Å². The summed E-state index contributed by atoms with van der Waals surface area (Å²) in [7, 11) is 0. The molecule has 0 bridgehead atoms. The molecule has 1 amide bonds. The highest BCUT2D eigenvalue weighted by atomic mass is 16.2. The van der Waals surface area contributed by atoms with E-state index in [2.05, 4.69) is 22.4 Å². The summed E-state index contributed by atoms with van der Waals surface area (Å²) < 4.78 is 3.46. The van der Waals surface area contributed by atoms with Gasteiger partial charge in [0.15, 0.2) is 5.65 Å². The second-order valence-electron chi connectivity index (χ2n) is 7.53. The van der Waals surface area contributed by atoms with Gasteiger partial charge in [-0.1, -0.05) is 24.3 Å². The minimum atomic E-state index is -0.128. The molecule has 1 aliphatic rings. The van der Waals surface area contributed by atoms with Gasteiger partial charge in [0.25, 0.3) is 5.56 Å². The molecule has 4 aromatic rings. The Balaban J connectivity index is 1.39. The Morgan fingerprint density at radius 2 is 1.97 bits per heavy atom. The van der Waals surface area contributed by atoms with Gasteiger partial charge in [-0.2, -0.15) is 0 Å². The van der Waals surface area contributed by atoms with Gasteiger partial charge in [0.1, 0.15) is 5.52 Å². The zero-order valence-electron chi connectivity index (χ0n) is 16.0. The Bertz CT molecular complexity index is 1270. The molecule has 29 heavy (non-hydrogen) atoms. The number of aromatic nitrogens is 3. The van der Waals surface area contributed by atoms with Crippen molar-refractivity contribution in [2.75, 3.05) is 0 Å². The number of carbonyl (C=O) groups is 1. The van der Waals surface area contributed by atoms with Crippen LogP contribution >= 0.6 is 0 Å². The Hall–Kier alpha value is -3.41. The molecule has 1 aromatic carbocycles. The first-order chi connectivity index (χ1) is 14.2. The zero-order valence-corrected chi connectivity index (χ0v) is 16.0. The van der Waals surface area contributed by atoms with Crippen LogP contribution in [0, 0.1) is 0 Å². The van der Waals surface area contributed by atoms with Crippen LogP contribution in [0.1, 0.15) is 36.4 Å². The molecular weight excluding hydrogens is 364 g/mol. The van der Waals surface area contributed by atoms with Gasteiger partial charge in [-0.05, 0) is 54.7 Å². The quantitative estimate of drug-likeness (QED) is 0.585. The third-order valence-corrected chi connectivity index (χ3v) is 5.76. The first-order valence-corrected chi connectivity index (χ1v) is 10.0. The Morgan fingerprint density at radius 1 is 1.10 bits per heavy atom. The summed E-state index contributed by atoms with van der Waals surface area (Å²) in [5.74, 6) is -0.0436. The van der Waals surface area contributed by atoms with Gasteiger partial charge >= 0.3 is 0 Å². The maximum atomic E-state index is 12.9. The monoisotopic (exact) mass is 386 g/mol. The molecule has 0 fully saturated rings. The van der Waals surface area contributed by atoms with E-state index in [4.69, 9.17) is 0 Å². The van der Waals surface area contributed by atoms with E-state index in [1.54, 1.807) is 16.8 Å². The molecule has 3 aromatic heterocycles. The largest absolute Gasteiger partial charge is 0.349 e.